The zero-order valence-electron chi connectivity index (χ0n) is 22.3. The van der Waals surface area contributed by atoms with Gasteiger partial charge in [0, 0.05) is 29.6 Å². The first kappa shape index (κ1) is 33.7. The number of nitrogens with zero attached hydrogens (tertiary/aromatic N) is 5. The topological polar surface area (TPSA) is 157 Å². The van der Waals surface area contributed by atoms with Gasteiger partial charge in [0.1, 0.15) is 28.5 Å². The summed E-state index contributed by atoms with van der Waals surface area (Å²) >= 11 is 5.80. The molecule has 1 aliphatic heterocycles. The highest BCUT2D eigenvalue weighted by molar-refractivity contribution is 7.95. The van der Waals surface area contributed by atoms with Crippen LogP contribution in [-0.2, 0) is 20.1 Å². The number of alkyl halides is 6. The second-order valence-corrected chi connectivity index (χ2v) is 13.1. The number of carbonyl (C=O) groups is 1. The lowest BCUT2D eigenvalue weighted by molar-refractivity contribution is -0.192. The Morgan fingerprint density at radius 2 is 1.72 bits per heavy atom. The van der Waals surface area contributed by atoms with E-state index in [0.29, 0.717) is 16.3 Å². The molecule has 4 rings (SSSR count). The predicted molar refractivity (Wildman–Crippen MR) is 141 cm³/mol. The third-order valence-electron chi connectivity index (χ3n) is 6.14. The molecule has 2 aromatic heterocycles. The molecule has 43 heavy (non-hydrogen) atoms. The van der Waals surface area contributed by atoms with Gasteiger partial charge in [-0.1, -0.05) is 16.8 Å². The first-order chi connectivity index (χ1) is 19.6. The number of aromatic nitrogens is 3. The Morgan fingerprint density at radius 1 is 1.14 bits per heavy atom. The molecule has 0 bridgehead atoms. The number of aliphatic imine (C=N–C) groups is 1. The van der Waals surface area contributed by atoms with Gasteiger partial charge in [0.25, 0.3) is 0 Å². The SMILES string of the molecule is CC1(C)C(N)=N[C@](C)(c2cc(-c3cc(-c4ncc(Cl)cn4)no3)ccc2F)C[S@@]1(=O)=NCC(F)(F)F.O=C(O)C(F)(F)F. The third-order valence-corrected chi connectivity index (χ3v) is 9.64. The van der Waals surface area contributed by atoms with Gasteiger partial charge in [-0.2, -0.15) is 26.3 Å². The van der Waals surface area contributed by atoms with Crippen LogP contribution in [-0.4, -0.2) is 65.6 Å². The van der Waals surface area contributed by atoms with Crippen LogP contribution in [0, 0.1) is 5.82 Å². The van der Waals surface area contributed by atoms with Gasteiger partial charge >= 0.3 is 18.3 Å². The summed E-state index contributed by atoms with van der Waals surface area (Å²) in [6.07, 6.45) is -6.96. The summed E-state index contributed by atoms with van der Waals surface area (Å²) in [6.45, 7) is 2.66. The lowest BCUT2D eigenvalue weighted by Crippen LogP contribution is -2.55. The first-order valence-electron chi connectivity index (χ1n) is 11.8. The van der Waals surface area contributed by atoms with Gasteiger partial charge in [-0.15, -0.1) is 0 Å². The van der Waals surface area contributed by atoms with Crippen molar-refractivity contribution in [1.29, 1.82) is 0 Å². The minimum absolute atomic E-state index is 0.0333. The van der Waals surface area contributed by atoms with Crippen LogP contribution in [0.5, 0.6) is 0 Å². The molecule has 0 radical (unpaired) electrons. The maximum absolute atomic E-state index is 15.1. The van der Waals surface area contributed by atoms with Crippen LogP contribution in [0.4, 0.5) is 30.7 Å². The number of hydrogen-bond acceptors (Lipinski definition) is 9. The number of hydrogen-bond donors (Lipinski definition) is 2. The Hall–Kier alpha value is -3.80. The monoisotopic (exact) mass is 658 g/mol. The fraction of sp³-hybridized carbons (Fsp3) is 0.375. The smallest absolute Gasteiger partial charge is 0.475 e. The van der Waals surface area contributed by atoms with Crippen LogP contribution in [0.25, 0.3) is 22.8 Å². The maximum Gasteiger partial charge on any atom is 0.490 e. The van der Waals surface area contributed by atoms with E-state index in [1.54, 1.807) is 0 Å². The molecule has 0 amide bonds. The molecule has 0 fully saturated rings. The Labute approximate surface area is 244 Å². The van der Waals surface area contributed by atoms with Crippen molar-refractivity contribution in [2.75, 3.05) is 12.3 Å². The van der Waals surface area contributed by atoms with E-state index in [9.17, 15) is 30.6 Å². The largest absolute Gasteiger partial charge is 0.490 e. The molecule has 3 aromatic rings. The van der Waals surface area contributed by atoms with E-state index in [4.69, 9.17) is 31.8 Å². The number of amidine groups is 1. The molecule has 19 heteroatoms. The second-order valence-electron chi connectivity index (χ2n) is 9.77. The highest BCUT2D eigenvalue weighted by Gasteiger charge is 2.48. The molecule has 0 spiro atoms. The van der Waals surface area contributed by atoms with E-state index < -0.39 is 56.5 Å². The van der Waals surface area contributed by atoms with Crippen molar-refractivity contribution in [3.8, 4) is 22.8 Å². The highest BCUT2D eigenvalue weighted by Crippen LogP contribution is 2.40. The number of rotatable bonds is 4. The molecule has 3 N–H and O–H groups in total. The van der Waals surface area contributed by atoms with E-state index >= 15 is 4.39 Å². The lowest BCUT2D eigenvalue weighted by atomic mass is 9.91. The summed E-state index contributed by atoms with van der Waals surface area (Å²) < 4.78 is 107. The third kappa shape index (κ3) is 7.59. The van der Waals surface area contributed by atoms with Crippen molar-refractivity contribution in [1.82, 2.24) is 15.1 Å². The van der Waals surface area contributed by atoms with Crippen molar-refractivity contribution in [3.63, 3.8) is 0 Å². The van der Waals surface area contributed by atoms with Crippen LogP contribution >= 0.6 is 11.6 Å². The Kier molecular flexibility index (Phi) is 9.17. The molecule has 10 nitrogen and oxygen atoms in total. The number of carboxylic acids is 1. The Morgan fingerprint density at radius 3 is 2.26 bits per heavy atom. The highest BCUT2D eigenvalue weighted by atomic mass is 35.5. The van der Waals surface area contributed by atoms with Crippen molar-refractivity contribution < 1.29 is 49.4 Å². The van der Waals surface area contributed by atoms with Gasteiger partial charge < -0.3 is 15.4 Å². The zero-order chi connectivity index (χ0) is 32.6. The fourth-order valence-electron chi connectivity index (χ4n) is 3.73. The van der Waals surface area contributed by atoms with E-state index in [1.807, 2.05) is 0 Å². The summed E-state index contributed by atoms with van der Waals surface area (Å²) in [5.74, 6) is -3.63. The standard InChI is InChI=1S/C22H21ClF4N6O2S.C2HF3O2/c1-20(2)19(28)32-21(3,11-36(20,34)31-10-22(25,26)27)14-6-12(4-5-15(14)24)17-7-16(33-35-17)18-29-8-13(23)9-30-18;3-2(4,5)1(6)7/h4-9H,10-11H2,1-3H3,(H2,28,32);(H,6,7)/t21-,36-;/m0./s1. The van der Waals surface area contributed by atoms with Gasteiger partial charge in [-0.25, -0.2) is 27.7 Å². The van der Waals surface area contributed by atoms with Crippen LogP contribution in [0.15, 0.2) is 50.5 Å². The van der Waals surface area contributed by atoms with Crippen molar-refractivity contribution in [2.24, 2.45) is 15.1 Å². The molecule has 3 heterocycles. The van der Waals surface area contributed by atoms with Crippen LogP contribution < -0.4 is 5.73 Å². The Balaban J connectivity index is 0.000000646. The molecule has 0 aliphatic carbocycles. The summed E-state index contributed by atoms with van der Waals surface area (Å²) in [6, 6.07) is 5.52. The molecular formula is C24H22ClF7N6O4S. The maximum atomic E-state index is 15.1. The average molecular weight is 659 g/mol. The molecular weight excluding hydrogens is 637 g/mol. The number of carboxylic acid groups (broad SMARTS) is 1. The minimum atomic E-state index is -5.08. The summed E-state index contributed by atoms with van der Waals surface area (Å²) in [5, 5.41) is 11.4. The fourth-order valence-corrected chi connectivity index (χ4v) is 6.31. The van der Waals surface area contributed by atoms with Crippen LogP contribution in [0.1, 0.15) is 26.3 Å². The van der Waals surface area contributed by atoms with E-state index in [1.165, 1.54) is 51.4 Å². The average Bonchev–Trinajstić information content (AvgIpc) is 3.37. The summed E-state index contributed by atoms with van der Waals surface area (Å²) in [5.41, 5.74) is 5.17. The number of benzene rings is 1. The first-order valence-corrected chi connectivity index (χ1v) is 13.8. The van der Waals surface area contributed by atoms with E-state index in [2.05, 4.69) is 24.5 Å². The van der Waals surface area contributed by atoms with Crippen molar-refractivity contribution >= 4 is 33.1 Å². The molecule has 0 unspecified atom stereocenters. The second kappa shape index (κ2) is 11.7. The Bertz CT molecular complexity index is 1670. The van der Waals surface area contributed by atoms with Gasteiger partial charge in [-0.05, 0) is 39.0 Å². The number of halogens is 8. The summed E-state index contributed by atoms with van der Waals surface area (Å²) in [7, 11) is -3.62. The van der Waals surface area contributed by atoms with E-state index in [0.717, 1.165) is 6.07 Å². The van der Waals surface area contributed by atoms with E-state index in [-0.39, 0.29) is 23.0 Å². The van der Waals surface area contributed by atoms with Gasteiger partial charge in [-0.3, -0.25) is 4.99 Å². The number of aliphatic carboxylic acids is 1. The molecule has 1 aromatic carbocycles. The lowest BCUT2D eigenvalue weighted by Gasteiger charge is -2.40. The number of nitrogens with two attached hydrogens (primary N) is 1. The van der Waals surface area contributed by atoms with Gasteiger partial charge in [0.2, 0.25) is 0 Å². The molecule has 1 aliphatic rings. The van der Waals surface area contributed by atoms with Gasteiger partial charge in [0.05, 0.1) is 20.5 Å². The summed E-state index contributed by atoms with van der Waals surface area (Å²) in [4.78, 5) is 21.4. The van der Waals surface area contributed by atoms with Crippen molar-refractivity contribution in [3.05, 3.63) is 53.1 Å². The van der Waals surface area contributed by atoms with Gasteiger partial charge in [0.15, 0.2) is 17.3 Å². The minimum Gasteiger partial charge on any atom is -0.475 e. The normalized spacial score (nSPS) is 21.8. The van der Waals surface area contributed by atoms with Crippen LogP contribution in [0.3, 0.4) is 0 Å². The zero-order valence-corrected chi connectivity index (χ0v) is 23.9. The molecule has 234 valence electrons. The quantitative estimate of drug-likeness (QED) is 0.342. The molecule has 2 atom stereocenters. The predicted octanol–water partition coefficient (Wildman–Crippen LogP) is 5.62. The van der Waals surface area contributed by atoms with Crippen LogP contribution in [0.2, 0.25) is 5.02 Å². The molecule has 0 saturated carbocycles. The van der Waals surface area contributed by atoms with Crippen molar-refractivity contribution in [2.45, 2.75) is 43.4 Å². The molecule has 0 saturated heterocycles.